The van der Waals surface area contributed by atoms with Crippen molar-refractivity contribution in [1.29, 1.82) is 0 Å². The summed E-state index contributed by atoms with van der Waals surface area (Å²) in [5, 5.41) is 11.6. The van der Waals surface area contributed by atoms with Crippen LogP contribution in [0.4, 0.5) is 5.95 Å². The third kappa shape index (κ3) is 4.98. The first-order valence-electron chi connectivity index (χ1n) is 12.6. The molecule has 0 bridgehead atoms. The average Bonchev–Trinajstić information content (AvgIpc) is 3.28. The highest BCUT2D eigenvalue weighted by atomic mass is 16.5. The molecular formula is C26H36N6O. The minimum atomic E-state index is 0.103. The zero-order valence-corrected chi connectivity index (χ0v) is 19.9. The topological polar surface area (TPSA) is 76.4 Å². The molecule has 33 heavy (non-hydrogen) atoms. The highest BCUT2D eigenvalue weighted by Gasteiger charge is 2.21. The zero-order valence-electron chi connectivity index (χ0n) is 19.9. The molecule has 1 aromatic carbocycles. The second kappa shape index (κ2) is 10.1. The van der Waals surface area contributed by atoms with Crippen molar-refractivity contribution in [3.63, 3.8) is 0 Å². The fraction of sp³-hybridized carbons (Fsp3) is 0.577. The number of anilines is 1. The standard InChI is InChI=1S/C26H36N6O/c1-18(2)23-17-29-32-24(23)30-26(33-21-12-8-14-27-16-21)31-25(32)28-15-20-11-6-7-13-22(20)19-9-4-3-5-10-19/h6-7,11,13,17-19,21,27H,3-5,8-10,12,14-16H2,1-2H3,(H,28,30,31)/t21-/m1/s1. The van der Waals surface area contributed by atoms with Crippen molar-refractivity contribution in [2.45, 2.75) is 83.3 Å². The van der Waals surface area contributed by atoms with Gasteiger partial charge in [-0.1, -0.05) is 57.4 Å². The fourth-order valence-corrected chi connectivity index (χ4v) is 5.20. The molecule has 5 rings (SSSR count). The Morgan fingerprint density at radius 1 is 1.09 bits per heavy atom. The van der Waals surface area contributed by atoms with Gasteiger partial charge in [-0.15, -0.1) is 0 Å². The van der Waals surface area contributed by atoms with Crippen molar-refractivity contribution in [3.8, 4) is 6.01 Å². The van der Waals surface area contributed by atoms with Gasteiger partial charge in [0.2, 0.25) is 5.95 Å². The molecule has 0 radical (unpaired) electrons. The van der Waals surface area contributed by atoms with Crippen molar-refractivity contribution in [2.75, 3.05) is 18.4 Å². The maximum absolute atomic E-state index is 6.21. The monoisotopic (exact) mass is 448 g/mol. The lowest BCUT2D eigenvalue weighted by atomic mass is 9.82. The van der Waals surface area contributed by atoms with Crippen LogP contribution in [0.5, 0.6) is 6.01 Å². The summed E-state index contributed by atoms with van der Waals surface area (Å²) in [6, 6.07) is 9.28. The highest BCUT2D eigenvalue weighted by molar-refractivity contribution is 5.53. The predicted molar refractivity (Wildman–Crippen MR) is 131 cm³/mol. The van der Waals surface area contributed by atoms with E-state index >= 15 is 0 Å². The van der Waals surface area contributed by atoms with E-state index in [1.165, 1.54) is 43.2 Å². The van der Waals surface area contributed by atoms with Gasteiger partial charge in [-0.25, -0.2) is 0 Å². The molecule has 7 nitrogen and oxygen atoms in total. The van der Waals surface area contributed by atoms with Crippen LogP contribution in [0.1, 0.15) is 87.3 Å². The first kappa shape index (κ1) is 22.1. The number of hydrogen-bond acceptors (Lipinski definition) is 6. The predicted octanol–water partition coefficient (Wildman–Crippen LogP) is 5.04. The Hall–Kier alpha value is -2.67. The summed E-state index contributed by atoms with van der Waals surface area (Å²) in [6.45, 7) is 6.92. The molecular weight excluding hydrogens is 412 g/mol. The second-order valence-electron chi connectivity index (χ2n) is 9.79. The summed E-state index contributed by atoms with van der Waals surface area (Å²) in [4.78, 5) is 9.51. The van der Waals surface area contributed by atoms with Gasteiger partial charge in [-0.2, -0.15) is 19.6 Å². The molecule has 0 unspecified atom stereocenters. The Balaban J connectivity index is 1.42. The van der Waals surface area contributed by atoms with E-state index in [9.17, 15) is 0 Å². The normalized spacial score (nSPS) is 19.8. The number of ether oxygens (including phenoxy) is 1. The van der Waals surface area contributed by atoms with E-state index in [1.54, 1.807) is 0 Å². The van der Waals surface area contributed by atoms with Crippen LogP contribution >= 0.6 is 0 Å². The molecule has 2 N–H and O–H groups in total. The van der Waals surface area contributed by atoms with E-state index in [0.717, 1.165) is 37.1 Å². The molecule has 2 aromatic heterocycles. The second-order valence-corrected chi connectivity index (χ2v) is 9.79. The lowest BCUT2D eigenvalue weighted by molar-refractivity contribution is 0.153. The summed E-state index contributed by atoms with van der Waals surface area (Å²) < 4.78 is 8.04. The molecule has 1 saturated carbocycles. The molecule has 1 aliphatic heterocycles. The number of rotatable bonds is 7. The van der Waals surface area contributed by atoms with Gasteiger partial charge in [-0.05, 0) is 55.2 Å². The summed E-state index contributed by atoms with van der Waals surface area (Å²) in [5.74, 6) is 1.67. The maximum atomic E-state index is 6.21. The SMILES string of the molecule is CC(C)c1cnn2c(NCc3ccccc3C3CCCCC3)nc(O[C@@H]3CCCNC3)nc12. The van der Waals surface area contributed by atoms with Gasteiger partial charge >= 0.3 is 6.01 Å². The molecule has 3 aromatic rings. The summed E-state index contributed by atoms with van der Waals surface area (Å²) in [5.41, 5.74) is 4.74. The number of hydrogen-bond donors (Lipinski definition) is 2. The Bertz CT molecular complexity index is 1070. The lowest BCUT2D eigenvalue weighted by Gasteiger charge is -2.25. The molecule has 1 saturated heterocycles. The number of nitrogens with zero attached hydrogens (tertiary/aromatic N) is 4. The first-order valence-corrected chi connectivity index (χ1v) is 12.6. The van der Waals surface area contributed by atoms with Crippen LogP contribution in [0.15, 0.2) is 30.5 Å². The van der Waals surface area contributed by atoms with Crippen molar-refractivity contribution >= 4 is 11.6 Å². The molecule has 2 fully saturated rings. The van der Waals surface area contributed by atoms with E-state index in [0.29, 0.717) is 30.3 Å². The molecule has 176 valence electrons. The molecule has 1 atom stereocenters. The summed E-state index contributed by atoms with van der Waals surface area (Å²) in [6.07, 6.45) is 10.8. The minimum Gasteiger partial charge on any atom is -0.459 e. The lowest BCUT2D eigenvalue weighted by Crippen LogP contribution is -2.37. The van der Waals surface area contributed by atoms with Crippen molar-refractivity contribution in [3.05, 3.63) is 47.2 Å². The van der Waals surface area contributed by atoms with Crippen LogP contribution < -0.4 is 15.4 Å². The average molecular weight is 449 g/mol. The Kier molecular flexibility index (Phi) is 6.76. The van der Waals surface area contributed by atoms with Gasteiger partial charge in [0.15, 0.2) is 5.65 Å². The minimum absolute atomic E-state index is 0.103. The van der Waals surface area contributed by atoms with E-state index in [4.69, 9.17) is 14.7 Å². The first-order chi connectivity index (χ1) is 16.2. The number of fused-ring (bicyclic) bond motifs is 1. The van der Waals surface area contributed by atoms with Crippen LogP contribution in [-0.2, 0) is 6.54 Å². The van der Waals surface area contributed by atoms with Gasteiger partial charge in [-0.3, -0.25) is 0 Å². The van der Waals surface area contributed by atoms with Crippen molar-refractivity contribution < 1.29 is 4.74 Å². The van der Waals surface area contributed by atoms with E-state index in [1.807, 2.05) is 10.7 Å². The third-order valence-electron chi connectivity index (χ3n) is 7.06. The number of benzene rings is 1. The smallest absolute Gasteiger partial charge is 0.322 e. The fourth-order valence-electron chi connectivity index (χ4n) is 5.20. The van der Waals surface area contributed by atoms with Crippen LogP contribution in [0.2, 0.25) is 0 Å². The van der Waals surface area contributed by atoms with E-state index in [2.05, 4.69) is 53.8 Å². The third-order valence-corrected chi connectivity index (χ3v) is 7.06. The Morgan fingerprint density at radius 2 is 1.94 bits per heavy atom. The summed E-state index contributed by atoms with van der Waals surface area (Å²) >= 11 is 0. The van der Waals surface area contributed by atoms with E-state index < -0.39 is 0 Å². The van der Waals surface area contributed by atoms with Crippen LogP contribution in [0.3, 0.4) is 0 Å². The Labute approximate surface area is 196 Å². The quantitative estimate of drug-likeness (QED) is 0.527. The molecule has 2 aliphatic rings. The number of aromatic nitrogens is 4. The summed E-state index contributed by atoms with van der Waals surface area (Å²) in [7, 11) is 0. The van der Waals surface area contributed by atoms with Crippen molar-refractivity contribution in [2.24, 2.45) is 0 Å². The van der Waals surface area contributed by atoms with Gasteiger partial charge in [0, 0.05) is 18.7 Å². The number of nitrogens with one attached hydrogen (secondary N) is 2. The zero-order chi connectivity index (χ0) is 22.6. The Morgan fingerprint density at radius 3 is 2.73 bits per heavy atom. The van der Waals surface area contributed by atoms with Gasteiger partial charge in [0.05, 0.1) is 6.20 Å². The number of piperidine rings is 1. The molecule has 0 spiro atoms. The van der Waals surface area contributed by atoms with E-state index in [-0.39, 0.29) is 6.10 Å². The van der Waals surface area contributed by atoms with Crippen LogP contribution in [0, 0.1) is 0 Å². The van der Waals surface area contributed by atoms with Gasteiger partial charge < -0.3 is 15.4 Å². The highest BCUT2D eigenvalue weighted by Crippen LogP contribution is 2.34. The molecule has 3 heterocycles. The molecule has 1 aliphatic carbocycles. The van der Waals surface area contributed by atoms with Gasteiger partial charge in [0.25, 0.3) is 0 Å². The van der Waals surface area contributed by atoms with Crippen LogP contribution in [-0.4, -0.2) is 38.8 Å². The van der Waals surface area contributed by atoms with Gasteiger partial charge in [0.1, 0.15) is 6.10 Å². The largest absolute Gasteiger partial charge is 0.459 e. The maximum Gasteiger partial charge on any atom is 0.322 e. The van der Waals surface area contributed by atoms with Crippen molar-refractivity contribution in [1.82, 2.24) is 24.9 Å². The van der Waals surface area contributed by atoms with Crippen LogP contribution in [0.25, 0.3) is 5.65 Å². The molecule has 7 heteroatoms. The molecule has 0 amide bonds.